The zero-order valence-electron chi connectivity index (χ0n) is 18.8. The lowest BCUT2D eigenvalue weighted by Crippen LogP contribution is -2.52. The van der Waals surface area contributed by atoms with Crippen molar-refractivity contribution in [1.82, 2.24) is 19.7 Å². The maximum absolute atomic E-state index is 6.43. The van der Waals surface area contributed by atoms with E-state index in [-0.39, 0.29) is 5.41 Å². The van der Waals surface area contributed by atoms with E-state index in [1.165, 1.54) is 22.9 Å². The molecule has 0 radical (unpaired) electrons. The third-order valence-electron chi connectivity index (χ3n) is 7.44. The van der Waals surface area contributed by atoms with Crippen LogP contribution in [0.3, 0.4) is 0 Å². The first kappa shape index (κ1) is 22.2. The van der Waals surface area contributed by atoms with Crippen LogP contribution in [0.1, 0.15) is 24.0 Å². The lowest BCUT2D eigenvalue weighted by atomic mass is 9.71. The standard InChI is InChI=1S/C26H25Cl2N5S/c1-29-22-15-17-5-2-3-6-18(17)26(22)9-12-32(13-10-26)25-31-16-21(24-30-11-14-33(24)25)34-20-8-4-7-19(27)23(20)28/h2-8,11,14,16,22,29H,9-10,12-13,15H2,1H3. The third-order valence-corrected chi connectivity index (χ3v) is 9.44. The molecule has 2 aromatic heterocycles. The number of imidazole rings is 1. The molecule has 5 nitrogen and oxygen atoms in total. The number of aromatic nitrogens is 3. The summed E-state index contributed by atoms with van der Waals surface area (Å²) in [6, 6.07) is 15.1. The maximum atomic E-state index is 6.43. The SMILES string of the molecule is CNC1Cc2ccccc2C12CCN(c1ncc(Sc3cccc(Cl)c3Cl)c3nccn13)CC2. The van der Waals surface area contributed by atoms with Crippen LogP contribution in [0.2, 0.25) is 10.0 Å². The van der Waals surface area contributed by atoms with Gasteiger partial charge in [-0.2, -0.15) is 0 Å². The van der Waals surface area contributed by atoms with E-state index in [1.807, 2.05) is 30.7 Å². The van der Waals surface area contributed by atoms with Gasteiger partial charge >= 0.3 is 0 Å². The van der Waals surface area contributed by atoms with Gasteiger partial charge in [-0.05, 0) is 49.6 Å². The van der Waals surface area contributed by atoms with E-state index in [9.17, 15) is 0 Å². The van der Waals surface area contributed by atoms with Crippen LogP contribution < -0.4 is 10.2 Å². The largest absolute Gasteiger partial charge is 0.342 e. The maximum Gasteiger partial charge on any atom is 0.211 e. The number of fused-ring (bicyclic) bond motifs is 3. The summed E-state index contributed by atoms with van der Waals surface area (Å²) in [7, 11) is 2.10. The van der Waals surface area contributed by atoms with Gasteiger partial charge < -0.3 is 10.2 Å². The number of anilines is 1. The normalized spacial score (nSPS) is 19.1. The minimum Gasteiger partial charge on any atom is -0.342 e. The first-order valence-electron chi connectivity index (χ1n) is 11.6. The molecule has 1 aliphatic heterocycles. The quantitative estimate of drug-likeness (QED) is 0.372. The van der Waals surface area contributed by atoms with E-state index in [2.05, 4.69) is 50.9 Å². The fourth-order valence-corrected chi connectivity index (χ4v) is 7.16. The number of hydrogen-bond donors (Lipinski definition) is 1. The van der Waals surface area contributed by atoms with Crippen molar-refractivity contribution in [2.45, 2.75) is 40.5 Å². The Balaban J connectivity index is 1.29. The molecule has 1 saturated heterocycles. The van der Waals surface area contributed by atoms with Gasteiger partial charge in [0.1, 0.15) is 0 Å². The van der Waals surface area contributed by atoms with Crippen LogP contribution in [-0.2, 0) is 11.8 Å². The number of hydrogen-bond acceptors (Lipinski definition) is 5. The molecule has 1 unspecified atom stereocenters. The highest BCUT2D eigenvalue weighted by molar-refractivity contribution is 7.99. The minimum atomic E-state index is 0.190. The van der Waals surface area contributed by atoms with Crippen LogP contribution in [0.4, 0.5) is 5.95 Å². The Kier molecular flexibility index (Phi) is 5.72. The highest BCUT2D eigenvalue weighted by atomic mass is 35.5. The van der Waals surface area contributed by atoms with E-state index >= 15 is 0 Å². The van der Waals surface area contributed by atoms with Crippen LogP contribution in [0.15, 0.2) is 70.8 Å². The van der Waals surface area contributed by atoms with E-state index < -0.39 is 0 Å². The Morgan fingerprint density at radius 1 is 1.03 bits per heavy atom. The summed E-state index contributed by atoms with van der Waals surface area (Å²) in [6.07, 6.45) is 9.04. The molecule has 174 valence electrons. The second-order valence-electron chi connectivity index (χ2n) is 9.04. The summed E-state index contributed by atoms with van der Waals surface area (Å²) in [5.74, 6) is 0.941. The fraction of sp³-hybridized carbons (Fsp3) is 0.308. The number of halogens is 2. The fourth-order valence-electron chi connectivity index (χ4n) is 5.76. The number of piperidine rings is 1. The molecule has 34 heavy (non-hydrogen) atoms. The second-order valence-corrected chi connectivity index (χ2v) is 10.9. The van der Waals surface area contributed by atoms with Crippen molar-refractivity contribution < 1.29 is 0 Å². The van der Waals surface area contributed by atoms with Gasteiger partial charge in [-0.1, -0.05) is 65.3 Å². The molecule has 3 heterocycles. The molecule has 6 rings (SSSR count). The predicted molar refractivity (Wildman–Crippen MR) is 140 cm³/mol. The molecule has 8 heteroatoms. The Morgan fingerprint density at radius 3 is 2.68 bits per heavy atom. The van der Waals surface area contributed by atoms with Crippen molar-refractivity contribution in [2.75, 3.05) is 25.0 Å². The van der Waals surface area contributed by atoms with Crippen molar-refractivity contribution in [2.24, 2.45) is 0 Å². The molecular weight excluding hydrogens is 485 g/mol. The van der Waals surface area contributed by atoms with E-state index in [1.54, 1.807) is 6.07 Å². The van der Waals surface area contributed by atoms with Crippen LogP contribution in [-0.4, -0.2) is 40.5 Å². The van der Waals surface area contributed by atoms with Crippen LogP contribution in [0, 0.1) is 0 Å². The zero-order chi connectivity index (χ0) is 23.3. The average Bonchev–Trinajstić information content (AvgIpc) is 3.47. The summed E-state index contributed by atoms with van der Waals surface area (Å²) in [4.78, 5) is 13.8. The summed E-state index contributed by atoms with van der Waals surface area (Å²) in [5, 5.41) is 4.72. The Labute approximate surface area is 213 Å². The number of benzene rings is 2. The monoisotopic (exact) mass is 509 g/mol. The van der Waals surface area contributed by atoms with Gasteiger partial charge in [0.05, 0.1) is 14.9 Å². The van der Waals surface area contributed by atoms with Crippen molar-refractivity contribution in [3.63, 3.8) is 0 Å². The summed E-state index contributed by atoms with van der Waals surface area (Å²) < 4.78 is 2.09. The number of nitrogens with zero attached hydrogens (tertiary/aromatic N) is 4. The lowest BCUT2D eigenvalue weighted by molar-refractivity contribution is 0.264. The van der Waals surface area contributed by atoms with Gasteiger partial charge in [0.2, 0.25) is 5.95 Å². The molecular formula is C26H25Cl2N5S. The molecule has 1 atom stereocenters. The minimum absolute atomic E-state index is 0.190. The highest BCUT2D eigenvalue weighted by Crippen LogP contribution is 2.47. The highest BCUT2D eigenvalue weighted by Gasteiger charge is 2.47. The summed E-state index contributed by atoms with van der Waals surface area (Å²) >= 11 is 14.2. The van der Waals surface area contributed by atoms with Crippen LogP contribution in [0.25, 0.3) is 5.65 Å². The Bertz CT molecular complexity index is 1360. The smallest absolute Gasteiger partial charge is 0.211 e. The van der Waals surface area contributed by atoms with Crippen molar-refractivity contribution in [3.05, 3.63) is 82.2 Å². The number of nitrogens with one attached hydrogen (secondary N) is 1. The molecule has 2 aliphatic rings. The molecule has 1 aliphatic carbocycles. The molecule has 2 aromatic carbocycles. The molecule has 1 N–H and O–H groups in total. The molecule has 0 bridgehead atoms. The van der Waals surface area contributed by atoms with Gasteiger partial charge in [-0.15, -0.1) is 0 Å². The van der Waals surface area contributed by atoms with Crippen LogP contribution >= 0.6 is 35.0 Å². The number of rotatable bonds is 4. The molecule has 0 amide bonds. The molecule has 1 fully saturated rings. The first-order chi connectivity index (χ1) is 16.6. The van der Waals surface area contributed by atoms with Crippen LogP contribution in [0.5, 0.6) is 0 Å². The van der Waals surface area contributed by atoms with Gasteiger partial charge in [-0.3, -0.25) is 4.40 Å². The van der Waals surface area contributed by atoms with Crippen molar-refractivity contribution in [1.29, 1.82) is 0 Å². The average molecular weight is 510 g/mol. The second kappa shape index (κ2) is 8.76. The number of likely N-dealkylation sites (N-methyl/N-ethyl adjacent to an activating group) is 1. The van der Waals surface area contributed by atoms with Gasteiger partial charge in [0.25, 0.3) is 0 Å². The molecule has 1 spiro atoms. The molecule has 0 saturated carbocycles. The summed E-state index contributed by atoms with van der Waals surface area (Å²) in [5.41, 5.74) is 4.09. The van der Waals surface area contributed by atoms with E-state index in [4.69, 9.17) is 28.2 Å². The van der Waals surface area contributed by atoms with Gasteiger partial charge in [0.15, 0.2) is 5.65 Å². The topological polar surface area (TPSA) is 45.5 Å². The summed E-state index contributed by atoms with van der Waals surface area (Å²) in [6.45, 7) is 1.92. The van der Waals surface area contributed by atoms with Crippen molar-refractivity contribution in [3.8, 4) is 0 Å². The van der Waals surface area contributed by atoms with E-state index in [0.717, 1.165) is 53.7 Å². The Morgan fingerprint density at radius 2 is 1.85 bits per heavy atom. The molecule has 4 aromatic rings. The van der Waals surface area contributed by atoms with E-state index in [0.29, 0.717) is 16.1 Å². The third kappa shape index (κ3) is 3.51. The first-order valence-corrected chi connectivity index (χ1v) is 13.1. The predicted octanol–water partition coefficient (Wildman–Crippen LogP) is 5.87. The Hall–Kier alpha value is -2.25. The lowest BCUT2D eigenvalue weighted by Gasteiger charge is -2.44. The van der Waals surface area contributed by atoms with Crippen molar-refractivity contribution >= 4 is 46.6 Å². The van der Waals surface area contributed by atoms with Gasteiger partial charge in [-0.25, -0.2) is 9.97 Å². The zero-order valence-corrected chi connectivity index (χ0v) is 21.2. The van der Waals surface area contributed by atoms with Gasteiger partial charge in [0, 0.05) is 48.0 Å².